The topological polar surface area (TPSA) is 87.3 Å². The van der Waals surface area contributed by atoms with Gasteiger partial charge in [0.15, 0.2) is 5.82 Å². The zero-order chi connectivity index (χ0) is 20.5. The van der Waals surface area contributed by atoms with Crippen molar-refractivity contribution in [3.63, 3.8) is 0 Å². The number of fused-ring (bicyclic) bond motifs is 1. The number of ether oxygens (including phenoxy) is 1. The first-order valence-corrected chi connectivity index (χ1v) is 9.34. The van der Waals surface area contributed by atoms with Gasteiger partial charge in [-0.05, 0) is 49.2 Å². The number of rotatable bonds is 4. The van der Waals surface area contributed by atoms with Gasteiger partial charge < -0.3 is 19.9 Å². The molecule has 2 amide bonds. The standard InChI is InChI=1S/C21H21FN4O3/c1-26(2)21(28)17-11-10-16(29-17)20(27)23-13-8-6-12(7-9-13)19-24-15-5-3-4-14(22)18(15)25-19/h3-9,16-17H,10-11H2,1-2H3,(H,23,27)(H,24,25)/t16-,17+/m0/s1. The lowest BCUT2D eigenvalue weighted by atomic mass is 10.1. The third kappa shape index (κ3) is 3.84. The van der Waals surface area contributed by atoms with Crippen LogP contribution in [0.3, 0.4) is 0 Å². The van der Waals surface area contributed by atoms with Gasteiger partial charge in [-0.25, -0.2) is 9.37 Å². The predicted molar refractivity (Wildman–Crippen MR) is 107 cm³/mol. The van der Waals surface area contributed by atoms with Crippen LogP contribution in [0.4, 0.5) is 10.1 Å². The SMILES string of the molecule is CN(C)C(=O)[C@H]1CC[C@@H](C(=O)Nc2ccc(-c3nc4c(F)cccc4[nH]3)cc2)O1. The highest BCUT2D eigenvalue weighted by Gasteiger charge is 2.35. The van der Waals surface area contributed by atoms with Crippen LogP contribution in [0.25, 0.3) is 22.4 Å². The molecule has 1 aromatic heterocycles. The molecule has 0 bridgehead atoms. The number of anilines is 1. The van der Waals surface area contributed by atoms with Gasteiger partial charge in [0.2, 0.25) is 0 Å². The van der Waals surface area contributed by atoms with Crippen LogP contribution < -0.4 is 5.32 Å². The fraction of sp³-hybridized carbons (Fsp3) is 0.286. The maximum absolute atomic E-state index is 13.8. The van der Waals surface area contributed by atoms with Crippen LogP contribution in [-0.4, -0.2) is 53.0 Å². The number of carbonyl (C=O) groups excluding carboxylic acids is 2. The minimum Gasteiger partial charge on any atom is -0.355 e. The Morgan fingerprint density at radius 3 is 2.55 bits per heavy atom. The second kappa shape index (κ2) is 7.63. The normalized spacial score (nSPS) is 18.7. The summed E-state index contributed by atoms with van der Waals surface area (Å²) >= 11 is 0. The van der Waals surface area contributed by atoms with E-state index in [9.17, 15) is 14.0 Å². The van der Waals surface area contributed by atoms with Crippen molar-refractivity contribution in [3.05, 3.63) is 48.3 Å². The summed E-state index contributed by atoms with van der Waals surface area (Å²) in [4.78, 5) is 33.3. The van der Waals surface area contributed by atoms with Crippen molar-refractivity contribution >= 4 is 28.5 Å². The number of halogens is 1. The summed E-state index contributed by atoms with van der Waals surface area (Å²) in [6.45, 7) is 0. The summed E-state index contributed by atoms with van der Waals surface area (Å²) < 4.78 is 19.4. The van der Waals surface area contributed by atoms with Crippen molar-refractivity contribution in [3.8, 4) is 11.4 Å². The molecular weight excluding hydrogens is 375 g/mol. The van der Waals surface area contributed by atoms with Crippen LogP contribution in [0.2, 0.25) is 0 Å². The molecule has 2 aromatic carbocycles. The highest BCUT2D eigenvalue weighted by atomic mass is 19.1. The third-order valence-corrected chi connectivity index (χ3v) is 4.92. The highest BCUT2D eigenvalue weighted by Crippen LogP contribution is 2.25. The molecule has 7 nitrogen and oxygen atoms in total. The second-order valence-electron chi connectivity index (χ2n) is 7.21. The lowest BCUT2D eigenvalue weighted by molar-refractivity contribution is -0.143. The van der Waals surface area contributed by atoms with E-state index >= 15 is 0 Å². The second-order valence-corrected chi connectivity index (χ2v) is 7.21. The van der Waals surface area contributed by atoms with Gasteiger partial charge in [-0.1, -0.05) is 6.07 Å². The lowest BCUT2D eigenvalue weighted by Crippen LogP contribution is -2.35. The van der Waals surface area contributed by atoms with Gasteiger partial charge in [0, 0.05) is 25.3 Å². The van der Waals surface area contributed by atoms with E-state index in [2.05, 4.69) is 15.3 Å². The van der Waals surface area contributed by atoms with Crippen LogP contribution in [0.1, 0.15) is 12.8 Å². The first kappa shape index (κ1) is 19.1. The van der Waals surface area contributed by atoms with E-state index in [1.165, 1.54) is 11.0 Å². The number of amides is 2. The largest absolute Gasteiger partial charge is 0.355 e. The molecule has 1 aliphatic heterocycles. The van der Waals surface area contributed by atoms with Crippen molar-refractivity contribution in [1.29, 1.82) is 0 Å². The van der Waals surface area contributed by atoms with E-state index in [0.29, 0.717) is 35.4 Å². The van der Waals surface area contributed by atoms with Gasteiger partial charge in [0.1, 0.15) is 23.5 Å². The summed E-state index contributed by atoms with van der Waals surface area (Å²) in [7, 11) is 3.33. The maximum Gasteiger partial charge on any atom is 0.253 e. The van der Waals surface area contributed by atoms with E-state index in [1.54, 1.807) is 50.5 Å². The number of imidazole rings is 1. The molecule has 4 rings (SSSR count). The fourth-order valence-corrected chi connectivity index (χ4v) is 3.37. The molecule has 2 atom stereocenters. The number of aromatic amines is 1. The quantitative estimate of drug-likeness (QED) is 0.710. The Hall–Kier alpha value is -3.26. The van der Waals surface area contributed by atoms with Gasteiger partial charge >= 0.3 is 0 Å². The first-order valence-electron chi connectivity index (χ1n) is 9.34. The Kier molecular flexibility index (Phi) is 5.02. The smallest absolute Gasteiger partial charge is 0.253 e. The molecule has 1 saturated heterocycles. The first-order chi connectivity index (χ1) is 13.9. The predicted octanol–water partition coefficient (Wildman–Crippen LogP) is 2.94. The Morgan fingerprint density at radius 1 is 1.14 bits per heavy atom. The van der Waals surface area contributed by atoms with E-state index in [4.69, 9.17) is 4.74 Å². The number of likely N-dealkylation sites (N-methyl/N-ethyl adjacent to an activating group) is 1. The van der Waals surface area contributed by atoms with Crippen LogP contribution in [-0.2, 0) is 14.3 Å². The van der Waals surface area contributed by atoms with E-state index in [1.807, 2.05) is 0 Å². The molecule has 0 unspecified atom stereocenters. The van der Waals surface area contributed by atoms with E-state index in [0.717, 1.165) is 5.56 Å². The Balaban J connectivity index is 1.42. The average Bonchev–Trinajstić information content (AvgIpc) is 3.36. The lowest BCUT2D eigenvalue weighted by Gasteiger charge is -2.17. The number of nitrogens with zero attached hydrogens (tertiary/aromatic N) is 2. The Morgan fingerprint density at radius 2 is 1.86 bits per heavy atom. The molecule has 0 saturated carbocycles. The molecule has 0 radical (unpaired) electrons. The highest BCUT2D eigenvalue weighted by molar-refractivity contribution is 5.95. The van der Waals surface area contributed by atoms with E-state index < -0.39 is 12.2 Å². The number of hydrogen-bond donors (Lipinski definition) is 2. The Labute approximate surface area is 166 Å². The number of aromatic nitrogens is 2. The molecule has 2 N–H and O–H groups in total. The minimum absolute atomic E-state index is 0.132. The number of benzene rings is 2. The van der Waals surface area contributed by atoms with Gasteiger partial charge in [-0.15, -0.1) is 0 Å². The average molecular weight is 396 g/mol. The number of hydrogen-bond acceptors (Lipinski definition) is 4. The van der Waals surface area contributed by atoms with Crippen molar-refractivity contribution in [2.75, 3.05) is 19.4 Å². The third-order valence-electron chi connectivity index (χ3n) is 4.92. The van der Waals surface area contributed by atoms with Gasteiger partial charge in [0.05, 0.1) is 5.52 Å². The molecule has 3 aromatic rings. The summed E-state index contributed by atoms with van der Waals surface area (Å²) in [5.74, 6) is -0.242. The minimum atomic E-state index is -0.651. The fourth-order valence-electron chi connectivity index (χ4n) is 3.37. The van der Waals surface area contributed by atoms with Gasteiger partial charge in [-0.3, -0.25) is 9.59 Å². The zero-order valence-corrected chi connectivity index (χ0v) is 16.1. The molecule has 8 heteroatoms. The van der Waals surface area contributed by atoms with Crippen LogP contribution in [0.5, 0.6) is 0 Å². The van der Waals surface area contributed by atoms with E-state index in [-0.39, 0.29) is 17.6 Å². The molecule has 29 heavy (non-hydrogen) atoms. The van der Waals surface area contributed by atoms with Crippen molar-refractivity contribution in [2.24, 2.45) is 0 Å². The Bertz CT molecular complexity index is 1060. The summed E-state index contributed by atoms with van der Waals surface area (Å²) in [6, 6.07) is 11.8. The number of nitrogens with one attached hydrogen (secondary N) is 2. The van der Waals surface area contributed by atoms with Crippen LogP contribution >= 0.6 is 0 Å². The molecular formula is C21H21FN4O3. The summed E-state index contributed by atoms with van der Waals surface area (Å²) in [5, 5.41) is 2.81. The number of carbonyl (C=O) groups is 2. The summed E-state index contributed by atoms with van der Waals surface area (Å²) in [6.07, 6.45) is -0.200. The monoisotopic (exact) mass is 396 g/mol. The summed E-state index contributed by atoms with van der Waals surface area (Å²) in [5.41, 5.74) is 2.29. The van der Waals surface area contributed by atoms with Crippen molar-refractivity contribution in [2.45, 2.75) is 25.0 Å². The molecule has 0 spiro atoms. The molecule has 2 heterocycles. The number of para-hydroxylation sites is 1. The van der Waals surface area contributed by atoms with Crippen LogP contribution in [0.15, 0.2) is 42.5 Å². The number of H-pyrrole nitrogens is 1. The molecule has 1 aliphatic rings. The maximum atomic E-state index is 13.8. The van der Waals surface area contributed by atoms with Gasteiger partial charge in [-0.2, -0.15) is 0 Å². The molecule has 1 fully saturated rings. The molecule has 150 valence electrons. The van der Waals surface area contributed by atoms with Gasteiger partial charge in [0.25, 0.3) is 11.8 Å². The zero-order valence-electron chi connectivity index (χ0n) is 16.1. The van der Waals surface area contributed by atoms with Crippen molar-refractivity contribution < 1.29 is 18.7 Å². The molecule has 0 aliphatic carbocycles. The van der Waals surface area contributed by atoms with Crippen molar-refractivity contribution in [1.82, 2.24) is 14.9 Å². The van der Waals surface area contributed by atoms with Crippen LogP contribution in [0, 0.1) is 5.82 Å².